The molecule has 0 aliphatic heterocycles. The predicted molar refractivity (Wildman–Crippen MR) is 63.5 cm³/mol. The van der Waals surface area contributed by atoms with Gasteiger partial charge < -0.3 is 4.74 Å². The monoisotopic (exact) mass is 214 g/mol. The number of methoxy groups -OCH3 is 1. The van der Waals surface area contributed by atoms with Gasteiger partial charge in [-0.3, -0.25) is 9.97 Å². The van der Waals surface area contributed by atoms with E-state index in [1.54, 1.807) is 13.3 Å². The molecule has 0 unspecified atom stereocenters. The second-order valence-corrected chi connectivity index (χ2v) is 3.69. The summed E-state index contributed by atoms with van der Waals surface area (Å²) in [7, 11) is 1.66. The Labute approximate surface area is 95.1 Å². The van der Waals surface area contributed by atoms with Crippen molar-refractivity contribution < 1.29 is 4.74 Å². The largest absolute Gasteiger partial charge is 0.494 e. The van der Waals surface area contributed by atoms with Crippen molar-refractivity contribution in [2.75, 3.05) is 7.11 Å². The molecular weight excluding hydrogens is 200 g/mol. The van der Waals surface area contributed by atoms with Gasteiger partial charge in [-0.2, -0.15) is 0 Å². The van der Waals surface area contributed by atoms with E-state index in [1.807, 2.05) is 38.2 Å². The van der Waals surface area contributed by atoms with E-state index in [0.717, 1.165) is 28.3 Å². The minimum atomic E-state index is 0.788. The summed E-state index contributed by atoms with van der Waals surface area (Å²) in [6.45, 7) is 3.99. The first-order valence-electron chi connectivity index (χ1n) is 5.15. The summed E-state index contributed by atoms with van der Waals surface area (Å²) in [6.07, 6.45) is 3.63. The number of hydrogen-bond acceptors (Lipinski definition) is 3. The van der Waals surface area contributed by atoms with E-state index >= 15 is 0 Å². The summed E-state index contributed by atoms with van der Waals surface area (Å²) in [4.78, 5) is 8.62. The van der Waals surface area contributed by atoms with Crippen LogP contribution in [-0.4, -0.2) is 17.1 Å². The van der Waals surface area contributed by atoms with Gasteiger partial charge in [-0.25, -0.2) is 0 Å². The standard InChI is InChI=1S/C13H14N2O/c1-9-8-15-10(2)7-11(9)13-12(16-3)5-4-6-14-13/h4-8H,1-3H3. The molecular formula is C13H14N2O. The Morgan fingerprint density at radius 2 is 2.00 bits per heavy atom. The van der Waals surface area contributed by atoms with Crippen LogP contribution < -0.4 is 4.74 Å². The maximum absolute atomic E-state index is 5.31. The third-order valence-corrected chi connectivity index (χ3v) is 2.49. The molecule has 0 aromatic carbocycles. The zero-order valence-corrected chi connectivity index (χ0v) is 9.69. The van der Waals surface area contributed by atoms with E-state index in [9.17, 15) is 0 Å². The summed E-state index contributed by atoms with van der Waals surface area (Å²) in [6, 6.07) is 5.81. The second-order valence-electron chi connectivity index (χ2n) is 3.69. The van der Waals surface area contributed by atoms with Crippen molar-refractivity contribution in [1.82, 2.24) is 9.97 Å². The molecule has 2 aromatic rings. The molecule has 2 rings (SSSR count). The van der Waals surface area contributed by atoms with Gasteiger partial charge in [0, 0.05) is 23.7 Å². The van der Waals surface area contributed by atoms with Crippen LogP contribution in [0.4, 0.5) is 0 Å². The average molecular weight is 214 g/mol. The lowest BCUT2D eigenvalue weighted by Gasteiger charge is -2.09. The minimum Gasteiger partial charge on any atom is -0.494 e. The molecule has 0 bridgehead atoms. The molecule has 0 amide bonds. The first-order valence-corrected chi connectivity index (χ1v) is 5.15. The van der Waals surface area contributed by atoms with E-state index in [-0.39, 0.29) is 0 Å². The number of aryl methyl sites for hydroxylation is 2. The number of pyridine rings is 2. The van der Waals surface area contributed by atoms with Gasteiger partial charge in [0.1, 0.15) is 11.4 Å². The SMILES string of the molecule is COc1cccnc1-c1cc(C)ncc1C. The van der Waals surface area contributed by atoms with Crippen LogP contribution in [0.2, 0.25) is 0 Å². The highest BCUT2D eigenvalue weighted by molar-refractivity contribution is 5.69. The third kappa shape index (κ3) is 1.89. The summed E-state index contributed by atoms with van der Waals surface area (Å²) >= 11 is 0. The number of ether oxygens (including phenoxy) is 1. The van der Waals surface area contributed by atoms with Gasteiger partial charge in [0.05, 0.1) is 7.11 Å². The molecule has 0 radical (unpaired) electrons. The Morgan fingerprint density at radius 3 is 2.75 bits per heavy atom. The minimum absolute atomic E-state index is 0.788. The van der Waals surface area contributed by atoms with Crippen LogP contribution in [0.3, 0.4) is 0 Å². The molecule has 0 saturated carbocycles. The molecule has 0 N–H and O–H groups in total. The predicted octanol–water partition coefficient (Wildman–Crippen LogP) is 2.77. The highest BCUT2D eigenvalue weighted by Gasteiger charge is 2.09. The lowest BCUT2D eigenvalue weighted by molar-refractivity contribution is 0.415. The van der Waals surface area contributed by atoms with Crippen molar-refractivity contribution in [3.63, 3.8) is 0 Å². The zero-order chi connectivity index (χ0) is 11.5. The highest BCUT2D eigenvalue weighted by Crippen LogP contribution is 2.29. The van der Waals surface area contributed by atoms with Crippen LogP contribution in [-0.2, 0) is 0 Å². The Balaban J connectivity index is 2.62. The highest BCUT2D eigenvalue weighted by atomic mass is 16.5. The van der Waals surface area contributed by atoms with E-state index in [2.05, 4.69) is 9.97 Å². The van der Waals surface area contributed by atoms with Crippen LogP contribution in [0, 0.1) is 13.8 Å². The average Bonchev–Trinajstić information content (AvgIpc) is 2.32. The molecule has 0 saturated heterocycles. The molecule has 16 heavy (non-hydrogen) atoms. The Morgan fingerprint density at radius 1 is 1.19 bits per heavy atom. The fourth-order valence-corrected chi connectivity index (χ4v) is 1.64. The molecule has 82 valence electrons. The Hall–Kier alpha value is -1.90. The molecule has 3 nitrogen and oxygen atoms in total. The molecule has 0 atom stereocenters. The van der Waals surface area contributed by atoms with E-state index in [4.69, 9.17) is 4.74 Å². The van der Waals surface area contributed by atoms with Crippen molar-refractivity contribution in [3.8, 4) is 17.0 Å². The van der Waals surface area contributed by atoms with Gasteiger partial charge in [-0.1, -0.05) is 0 Å². The lowest BCUT2D eigenvalue weighted by atomic mass is 10.1. The van der Waals surface area contributed by atoms with E-state index in [0.29, 0.717) is 0 Å². The Kier molecular flexibility index (Phi) is 2.86. The zero-order valence-electron chi connectivity index (χ0n) is 9.69. The van der Waals surface area contributed by atoms with Crippen molar-refractivity contribution in [2.45, 2.75) is 13.8 Å². The molecule has 2 aromatic heterocycles. The molecule has 2 heterocycles. The molecule has 3 heteroatoms. The first-order chi connectivity index (χ1) is 7.72. The third-order valence-electron chi connectivity index (χ3n) is 2.49. The van der Waals surface area contributed by atoms with Gasteiger partial charge >= 0.3 is 0 Å². The second kappa shape index (κ2) is 4.31. The molecule has 0 aliphatic rings. The fourth-order valence-electron chi connectivity index (χ4n) is 1.64. The van der Waals surface area contributed by atoms with Gasteiger partial charge in [0.25, 0.3) is 0 Å². The molecule has 0 aliphatic carbocycles. The summed E-state index contributed by atoms with van der Waals surface area (Å²) in [5, 5.41) is 0. The first kappa shape index (κ1) is 10.6. The van der Waals surface area contributed by atoms with Crippen molar-refractivity contribution in [3.05, 3.63) is 41.9 Å². The maximum Gasteiger partial charge on any atom is 0.145 e. The van der Waals surface area contributed by atoms with Crippen molar-refractivity contribution in [2.24, 2.45) is 0 Å². The molecule has 0 fully saturated rings. The quantitative estimate of drug-likeness (QED) is 0.771. The molecule has 0 spiro atoms. The van der Waals surface area contributed by atoms with Crippen LogP contribution in [0.1, 0.15) is 11.3 Å². The lowest BCUT2D eigenvalue weighted by Crippen LogP contribution is -1.94. The number of hydrogen-bond donors (Lipinski definition) is 0. The van der Waals surface area contributed by atoms with E-state index in [1.165, 1.54) is 0 Å². The summed E-state index contributed by atoms with van der Waals surface area (Å²) in [5.74, 6) is 0.788. The number of nitrogens with zero attached hydrogens (tertiary/aromatic N) is 2. The summed E-state index contributed by atoms with van der Waals surface area (Å²) in [5.41, 5.74) is 4.02. The number of rotatable bonds is 2. The van der Waals surface area contributed by atoms with Crippen LogP contribution in [0.15, 0.2) is 30.6 Å². The van der Waals surface area contributed by atoms with Gasteiger partial charge in [-0.05, 0) is 37.6 Å². The Bertz CT molecular complexity index is 509. The normalized spacial score (nSPS) is 10.2. The van der Waals surface area contributed by atoms with Gasteiger partial charge in [0.15, 0.2) is 0 Å². The van der Waals surface area contributed by atoms with Crippen LogP contribution in [0.25, 0.3) is 11.3 Å². The smallest absolute Gasteiger partial charge is 0.145 e. The van der Waals surface area contributed by atoms with Gasteiger partial charge in [0.2, 0.25) is 0 Å². The van der Waals surface area contributed by atoms with Crippen LogP contribution in [0.5, 0.6) is 5.75 Å². The van der Waals surface area contributed by atoms with Crippen molar-refractivity contribution >= 4 is 0 Å². The van der Waals surface area contributed by atoms with E-state index < -0.39 is 0 Å². The van der Waals surface area contributed by atoms with Gasteiger partial charge in [-0.15, -0.1) is 0 Å². The topological polar surface area (TPSA) is 35.0 Å². The maximum atomic E-state index is 5.31. The summed E-state index contributed by atoms with van der Waals surface area (Å²) < 4.78 is 5.31. The fraction of sp³-hybridized carbons (Fsp3) is 0.231. The number of aromatic nitrogens is 2. The van der Waals surface area contributed by atoms with Crippen LogP contribution >= 0.6 is 0 Å². The van der Waals surface area contributed by atoms with Crippen molar-refractivity contribution in [1.29, 1.82) is 0 Å².